The Bertz CT molecular complexity index is 543. The van der Waals surface area contributed by atoms with Crippen molar-refractivity contribution in [3.8, 4) is 0 Å². The van der Waals surface area contributed by atoms with E-state index in [4.69, 9.17) is 0 Å². The van der Waals surface area contributed by atoms with Crippen LogP contribution >= 0.6 is 0 Å². The van der Waals surface area contributed by atoms with Gasteiger partial charge in [-0.25, -0.2) is 0 Å². The van der Waals surface area contributed by atoms with Gasteiger partial charge < -0.3 is 10.2 Å². The second-order valence-electron chi connectivity index (χ2n) is 6.12. The number of piperazine rings is 1. The molecule has 1 fully saturated rings. The van der Waals surface area contributed by atoms with Crippen LogP contribution in [0, 0.1) is 0 Å². The Balaban J connectivity index is 2.38. The first-order valence-corrected chi connectivity index (χ1v) is 7.31. The fourth-order valence-electron chi connectivity index (χ4n) is 2.86. The van der Waals surface area contributed by atoms with E-state index in [0.29, 0.717) is 13.1 Å². The summed E-state index contributed by atoms with van der Waals surface area (Å²) in [4.78, 5) is 14.0. The molecule has 1 aromatic heterocycles. The van der Waals surface area contributed by atoms with Gasteiger partial charge in [0.2, 0.25) is 0 Å². The quantitative estimate of drug-likeness (QED) is 0.910. The number of nitrogens with zero attached hydrogens (tertiary/aromatic N) is 3. The van der Waals surface area contributed by atoms with Gasteiger partial charge in [0.25, 0.3) is 5.91 Å². The minimum absolute atomic E-state index is 0.0437. The van der Waals surface area contributed by atoms with Crippen LogP contribution in [-0.4, -0.2) is 45.8 Å². The third-order valence-electron chi connectivity index (χ3n) is 3.63. The second-order valence-corrected chi connectivity index (χ2v) is 6.12. The van der Waals surface area contributed by atoms with E-state index in [9.17, 15) is 18.0 Å². The molecule has 1 aliphatic rings. The number of alkyl halides is 3. The lowest BCUT2D eigenvalue weighted by atomic mass is 10.1. The number of rotatable bonds is 2. The molecular formula is C14H21F3N4O. The maximum Gasteiger partial charge on any atom is 0.433 e. The molecule has 1 N–H and O–H groups in total. The molecule has 1 amide bonds. The average Bonchev–Trinajstić information content (AvgIpc) is 2.81. The van der Waals surface area contributed by atoms with Crippen molar-refractivity contribution in [1.29, 1.82) is 0 Å². The van der Waals surface area contributed by atoms with Crippen LogP contribution in [0.25, 0.3) is 0 Å². The van der Waals surface area contributed by atoms with Crippen LogP contribution in [0.3, 0.4) is 0 Å². The van der Waals surface area contributed by atoms with Crippen LogP contribution in [0.1, 0.15) is 49.8 Å². The van der Waals surface area contributed by atoms with Crippen LogP contribution < -0.4 is 5.32 Å². The van der Waals surface area contributed by atoms with Crippen molar-refractivity contribution >= 4 is 5.91 Å². The van der Waals surface area contributed by atoms with Gasteiger partial charge in [0.1, 0.15) is 0 Å². The zero-order valence-electron chi connectivity index (χ0n) is 13.1. The van der Waals surface area contributed by atoms with Crippen molar-refractivity contribution < 1.29 is 18.0 Å². The topological polar surface area (TPSA) is 50.2 Å². The van der Waals surface area contributed by atoms with Gasteiger partial charge in [0, 0.05) is 31.2 Å². The third-order valence-corrected chi connectivity index (χ3v) is 3.63. The Morgan fingerprint density at radius 3 is 2.32 bits per heavy atom. The molecule has 0 aromatic carbocycles. The van der Waals surface area contributed by atoms with Crippen molar-refractivity contribution in [3.05, 3.63) is 17.5 Å². The fraction of sp³-hybridized carbons (Fsp3) is 0.714. The molecule has 0 radical (unpaired) electrons. The van der Waals surface area contributed by atoms with Gasteiger partial charge in [0.15, 0.2) is 5.69 Å². The highest BCUT2D eigenvalue weighted by atomic mass is 19.4. The van der Waals surface area contributed by atoms with Crippen molar-refractivity contribution in [3.63, 3.8) is 0 Å². The number of halogens is 3. The number of carbonyl (C=O) groups is 1. The van der Waals surface area contributed by atoms with Crippen LogP contribution in [0.4, 0.5) is 13.2 Å². The van der Waals surface area contributed by atoms with E-state index >= 15 is 0 Å². The molecule has 1 saturated heterocycles. The van der Waals surface area contributed by atoms with Gasteiger partial charge in [-0.05, 0) is 27.7 Å². The standard InChI is InChI=1S/C14H21F3N4O/c1-8(2)21-12(14(15,16)17)11(5-18-21)13(22)20-6-9(3)19-10(4)7-20/h5,8-10,19H,6-7H2,1-4H3/t9-,10-/m0/s1. The fourth-order valence-corrected chi connectivity index (χ4v) is 2.86. The molecule has 8 heteroatoms. The van der Waals surface area contributed by atoms with Crippen molar-refractivity contribution in [1.82, 2.24) is 20.0 Å². The van der Waals surface area contributed by atoms with Crippen LogP contribution in [0.5, 0.6) is 0 Å². The smallest absolute Gasteiger partial charge is 0.335 e. The first-order valence-electron chi connectivity index (χ1n) is 7.31. The summed E-state index contributed by atoms with van der Waals surface area (Å²) in [6.45, 7) is 7.77. The number of aromatic nitrogens is 2. The van der Waals surface area contributed by atoms with Gasteiger partial charge >= 0.3 is 6.18 Å². The Morgan fingerprint density at radius 2 is 1.86 bits per heavy atom. The summed E-state index contributed by atoms with van der Waals surface area (Å²) in [5.74, 6) is -0.612. The molecule has 0 saturated carbocycles. The number of nitrogens with one attached hydrogen (secondary N) is 1. The summed E-state index contributed by atoms with van der Waals surface area (Å²) in [5, 5.41) is 7.02. The molecule has 2 heterocycles. The van der Waals surface area contributed by atoms with E-state index in [1.165, 1.54) is 4.90 Å². The molecule has 5 nitrogen and oxygen atoms in total. The van der Waals surface area contributed by atoms with Crippen molar-refractivity contribution in [2.24, 2.45) is 0 Å². The summed E-state index contributed by atoms with van der Waals surface area (Å²) in [6.07, 6.45) is -3.58. The normalized spacial score (nSPS) is 23.2. The maximum atomic E-state index is 13.3. The molecule has 1 aliphatic heterocycles. The number of hydrogen-bond donors (Lipinski definition) is 1. The lowest BCUT2D eigenvalue weighted by Gasteiger charge is -2.36. The Labute approximate surface area is 127 Å². The minimum atomic E-state index is -4.61. The van der Waals surface area contributed by atoms with Gasteiger partial charge in [-0.2, -0.15) is 18.3 Å². The van der Waals surface area contributed by atoms with Crippen LogP contribution in [0.2, 0.25) is 0 Å². The lowest BCUT2D eigenvalue weighted by Crippen LogP contribution is -2.56. The Hall–Kier alpha value is -1.57. The summed E-state index contributed by atoms with van der Waals surface area (Å²) >= 11 is 0. The molecule has 124 valence electrons. The molecule has 2 rings (SSSR count). The molecule has 0 unspecified atom stereocenters. The second kappa shape index (κ2) is 5.91. The average molecular weight is 318 g/mol. The van der Waals surface area contributed by atoms with Gasteiger partial charge in [-0.3, -0.25) is 9.48 Å². The predicted molar refractivity (Wildman–Crippen MR) is 75.6 cm³/mol. The van der Waals surface area contributed by atoms with Crippen molar-refractivity contribution in [2.75, 3.05) is 13.1 Å². The van der Waals surface area contributed by atoms with Crippen molar-refractivity contribution in [2.45, 2.75) is 52.0 Å². The first-order chi connectivity index (χ1) is 10.1. The SMILES string of the molecule is CC(C)n1ncc(C(=O)N2C[C@H](C)N[C@@H](C)C2)c1C(F)(F)F. The van der Waals surface area contributed by atoms with Gasteiger partial charge in [-0.15, -0.1) is 0 Å². The molecule has 22 heavy (non-hydrogen) atoms. The third kappa shape index (κ3) is 3.26. The summed E-state index contributed by atoms with van der Waals surface area (Å²) in [5.41, 5.74) is -1.34. The van der Waals surface area contributed by atoms with E-state index in [0.717, 1.165) is 10.9 Å². The highest BCUT2D eigenvalue weighted by molar-refractivity contribution is 5.95. The molecule has 0 aliphatic carbocycles. The largest absolute Gasteiger partial charge is 0.433 e. The summed E-state index contributed by atoms with van der Waals surface area (Å²) in [7, 11) is 0. The molecule has 0 bridgehead atoms. The van der Waals surface area contributed by atoms with E-state index in [-0.39, 0.29) is 17.6 Å². The van der Waals surface area contributed by atoms with Gasteiger partial charge in [0.05, 0.1) is 11.8 Å². The van der Waals surface area contributed by atoms with E-state index < -0.39 is 23.8 Å². The Kier molecular flexibility index (Phi) is 4.51. The lowest BCUT2D eigenvalue weighted by molar-refractivity contribution is -0.145. The number of hydrogen-bond acceptors (Lipinski definition) is 3. The minimum Gasteiger partial charge on any atom is -0.335 e. The number of amides is 1. The monoisotopic (exact) mass is 318 g/mol. The highest BCUT2D eigenvalue weighted by Crippen LogP contribution is 2.34. The predicted octanol–water partition coefficient (Wildman–Crippen LogP) is 2.31. The zero-order chi connectivity index (χ0) is 16.7. The Morgan fingerprint density at radius 1 is 1.32 bits per heavy atom. The molecule has 1 aromatic rings. The molecule has 2 atom stereocenters. The maximum absolute atomic E-state index is 13.3. The van der Waals surface area contributed by atoms with E-state index in [1.54, 1.807) is 13.8 Å². The molecule has 0 spiro atoms. The molecular weight excluding hydrogens is 297 g/mol. The van der Waals surface area contributed by atoms with E-state index in [2.05, 4.69) is 10.4 Å². The van der Waals surface area contributed by atoms with Crippen LogP contribution in [0.15, 0.2) is 6.20 Å². The first kappa shape index (κ1) is 16.8. The highest BCUT2D eigenvalue weighted by Gasteiger charge is 2.42. The van der Waals surface area contributed by atoms with Crippen LogP contribution in [-0.2, 0) is 6.18 Å². The zero-order valence-corrected chi connectivity index (χ0v) is 13.1. The van der Waals surface area contributed by atoms with Gasteiger partial charge in [-0.1, -0.05) is 0 Å². The summed E-state index contributed by atoms with van der Waals surface area (Å²) in [6, 6.07) is -0.386. The number of carbonyl (C=O) groups excluding carboxylic acids is 1. The summed E-state index contributed by atoms with van der Waals surface area (Å²) < 4.78 is 40.9. The van der Waals surface area contributed by atoms with E-state index in [1.807, 2.05) is 13.8 Å².